The van der Waals surface area contributed by atoms with E-state index >= 15 is 0 Å². The van der Waals surface area contributed by atoms with Crippen LogP contribution in [-0.4, -0.2) is 68.2 Å². The van der Waals surface area contributed by atoms with E-state index in [9.17, 15) is 0 Å². The summed E-state index contributed by atoms with van der Waals surface area (Å²) in [7, 11) is 2.22. The molecule has 0 bridgehead atoms. The predicted octanol–water partition coefficient (Wildman–Crippen LogP) is 2.26. The van der Waals surface area contributed by atoms with Gasteiger partial charge in [0.15, 0.2) is 5.96 Å². The number of nitrogens with zero attached hydrogens (tertiary/aromatic N) is 4. The molecule has 0 saturated carbocycles. The molecule has 3 heterocycles. The van der Waals surface area contributed by atoms with Crippen molar-refractivity contribution in [3.05, 3.63) is 23.9 Å². The molecule has 6 nitrogen and oxygen atoms in total. The van der Waals surface area contributed by atoms with Crippen LogP contribution in [0.1, 0.15) is 38.2 Å². The van der Waals surface area contributed by atoms with Crippen molar-refractivity contribution in [2.24, 2.45) is 10.9 Å². The number of aromatic nitrogens is 1. The van der Waals surface area contributed by atoms with Gasteiger partial charge in [0.1, 0.15) is 5.82 Å². The lowest BCUT2D eigenvalue weighted by molar-refractivity contribution is 0.214. The van der Waals surface area contributed by atoms with Crippen molar-refractivity contribution < 1.29 is 0 Å². The van der Waals surface area contributed by atoms with E-state index in [0.29, 0.717) is 12.0 Å². The predicted molar refractivity (Wildman–Crippen MR) is 114 cm³/mol. The molecule has 2 aliphatic rings. The zero-order valence-corrected chi connectivity index (χ0v) is 17.2. The second kappa shape index (κ2) is 9.93. The number of hydrogen-bond donors (Lipinski definition) is 2. The number of aliphatic imine (C=N–C) groups is 1. The highest BCUT2D eigenvalue weighted by molar-refractivity contribution is 5.80. The largest absolute Gasteiger partial charge is 0.357 e. The van der Waals surface area contributed by atoms with Crippen LogP contribution in [0.5, 0.6) is 0 Å². The molecule has 2 saturated heterocycles. The van der Waals surface area contributed by atoms with Gasteiger partial charge in [0.25, 0.3) is 0 Å². The number of guanidine groups is 1. The van der Waals surface area contributed by atoms with Gasteiger partial charge in [-0.2, -0.15) is 0 Å². The van der Waals surface area contributed by atoms with Crippen molar-refractivity contribution in [1.82, 2.24) is 20.5 Å². The third kappa shape index (κ3) is 6.09. The highest BCUT2D eigenvalue weighted by Gasteiger charge is 2.21. The van der Waals surface area contributed by atoms with Crippen LogP contribution in [0.15, 0.2) is 23.3 Å². The Morgan fingerprint density at radius 1 is 1.22 bits per heavy atom. The van der Waals surface area contributed by atoms with Crippen LogP contribution in [0.4, 0.5) is 5.82 Å². The molecule has 2 N–H and O–H groups in total. The van der Waals surface area contributed by atoms with E-state index in [2.05, 4.69) is 58.4 Å². The molecule has 27 heavy (non-hydrogen) atoms. The first-order valence-corrected chi connectivity index (χ1v) is 10.5. The van der Waals surface area contributed by atoms with E-state index in [1.165, 1.54) is 31.5 Å². The van der Waals surface area contributed by atoms with Crippen molar-refractivity contribution in [1.29, 1.82) is 0 Å². The summed E-state index contributed by atoms with van der Waals surface area (Å²) in [6.45, 7) is 10.5. The maximum absolute atomic E-state index is 4.89. The van der Waals surface area contributed by atoms with Gasteiger partial charge in [0, 0.05) is 45.0 Å². The van der Waals surface area contributed by atoms with Crippen molar-refractivity contribution in [3.63, 3.8) is 0 Å². The van der Waals surface area contributed by atoms with E-state index in [4.69, 9.17) is 4.99 Å². The molecule has 3 rings (SSSR count). The Morgan fingerprint density at radius 2 is 2.04 bits per heavy atom. The minimum Gasteiger partial charge on any atom is -0.357 e. The molecule has 0 amide bonds. The standard InChI is InChI=1S/C21H36N6/c1-4-22-21(24-15-18-6-5-11-26(3)16-18)25-19-9-12-27(13-10-19)20-8-7-17(2)14-23-20/h7-8,14,18-19H,4-6,9-13,15-16H2,1-3H3,(H2,22,24,25). The smallest absolute Gasteiger partial charge is 0.191 e. The average molecular weight is 373 g/mol. The van der Waals surface area contributed by atoms with Crippen LogP contribution in [0.3, 0.4) is 0 Å². The summed E-state index contributed by atoms with van der Waals surface area (Å²) in [5.41, 5.74) is 1.21. The normalized spacial score (nSPS) is 22.7. The maximum Gasteiger partial charge on any atom is 0.191 e. The van der Waals surface area contributed by atoms with E-state index < -0.39 is 0 Å². The Hall–Kier alpha value is -1.82. The number of nitrogens with one attached hydrogen (secondary N) is 2. The number of hydrogen-bond acceptors (Lipinski definition) is 4. The number of anilines is 1. The quantitative estimate of drug-likeness (QED) is 0.613. The fourth-order valence-corrected chi connectivity index (χ4v) is 4.06. The van der Waals surface area contributed by atoms with Crippen LogP contribution in [0.2, 0.25) is 0 Å². The van der Waals surface area contributed by atoms with Crippen LogP contribution in [0.25, 0.3) is 0 Å². The first-order valence-electron chi connectivity index (χ1n) is 10.5. The molecular formula is C21H36N6. The molecule has 6 heteroatoms. The number of likely N-dealkylation sites (tertiary alicyclic amines) is 1. The van der Waals surface area contributed by atoms with Crippen LogP contribution < -0.4 is 15.5 Å². The number of aryl methyl sites for hydroxylation is 1. The van der Waals surface area contributed by atoms with E-state index in [1.54, 1.807) is 0 Å². The zero-order chi connectivity index (χ0) is 19.1. The fourth-order valence-electron chi connectivity index (χ4n) is 4.06. The number of piperidine rings is 2. The third-order valence-electron chi connectivity index (χ3n) is 5.63. The van der Waals surface area contributed by atoms with Crippen molar-refractivity contribution in [3.8, 4) is 0 Å². The van der Waals surface area contributed by atoms with Gasteiger partial charge < -0.3 is 20.4 Å². The summed E-state index contributed by atoms with van der Waals surface area (Å²) < 4.78 is 0. The molecule has 1 unspecified atom stereocenters. The summed E-state index contributed by atoms with van der Waals surface area (Å²) in [6.07, 6.45) is 6.79. The van der Waals surface area contributed by atoms with Crippen molar-refractivity contribution in [2.75, 3.05) is 51.2 Å². The average Bonchev–Trinajstić information content (AvgIpc) is 2.68. The van der Waals surface area contributed by atoms with Crippen molar-refractivity contribution in [2.45, 2.75) is 45.6 Å². The molecule has 1 aromatic rings. The summed E-state index contributed by atoms with van der Waals surface area (Å²) in [5.74, 6) is 2.77. The minimum absolute atomic E-state index is 0.485. The summed E-state index contributed by atoms with van der Waals surface area (Å²) >= 11 is 0. The highest BCUT2D eigenvalue weighted by Crippen LogP contribution is 2.18. The Kier molecular flexibility index (Phi) is 7.33. The van der Waals surface area contributed by atoms with E-state index in [1.807, 2.05) is 6.20 Å². The Morgan fingerprint density at radius 3 is 2.70 bits per heavy atom. The molecule has 0 radical (unpaired) electrons. The molecule has 1 aromatic heterocycles. The monoisotopic (exact) mass is 372 g/mol. The molecule has 2 fully saturated rings. The van der Waals surface area contributed by atoms with Gasteiger partial charge in [-0.15, -0.1) is 0 Å². The molecule has 0 aromatic carbocycles. The lowest BCUT2D eigenvalue weighted by Gasteiger charge is -2.34. The second-order valence-electron chi connectivity index (χ2n) is 8.09. The highest BCUT2D eigenvalue weighted by atomic mass is 15.2. The second-order valence-corrected chi connectivity index (χ2v) is 8.09. The number of rotatable bonds is 5. The van der Waals surface area contributed by atoms with E-state index in [0.717, 1.165) is 50.8 Å². The first kappa shape index (κ1) is 19.9. The van der Waals surface area contributed by atoms with Crippen LogP contribution in [0, 0.1) is 12.8 Å². The van der Waals surface area contributed by atoms with Gasteiger partial charge in [-0.1, -0.05) is 6.07 Å². The van der Waals surface area contributed by atoms with Gasteiger partial charge in [-0.3, -0.25) is 4.99 Å². The molecular weight excluding hydrogens is 336 g/mol. The Bertz CT molecular complexity index is 591. The molecule has 1 atom stereocenters. The lowest BCUT2D eigenvalue weighted by Crippen LogP contribution is -2.49. The van der Waals surface area contributed by atoms with Gasteiger partial charge in [0.2, 0.25) is 0 Å². The molecule has 0 aliphatic carbocycles. The van der Waals surface area contributed by atoms with Gasteiger partial charge >= 0.3 is 0 Å². The zero-order valence-electron chi connectivity index (χ0n) is 17.2. The topological polar surface area (TPSA) is 55.8 Å². The van der Waals surface area contributed by atoms with Gasteiger partial charge in [-0.05, 0) is 70.7 Å². The molecule has 2 aliphatic heterocycles. The Balaban J connectivity index is 1.48. The molecule has 0 spiro atoms. The SMILES string of the molecule is CCNC(=NCC1CCCN(C)C1)NC1CCN(c2ccc(C)cn2)CC1. The summed E-state index contributed by atoms with van der Waals surface area (Å²) in [5, 5.41) is 7.10. The van der Waals surface area contributed by atoms with Crippen molar-refractivity contribution >= 4 is 11.8 Å². The van der Waals surface area contributed by atoms with Gasteiger partial charge in [0.05, 0.1) is 0 Å². The van der Waals surface area contributed by atoms with E-state index in [-0.39, 0.29) is 0 Å². The fraction of sp³-hybridized carbons (Fsp3) is 0.714. The summed E-state index contributed by atoms with van der Waals surface area (Å²) in [4.78, 5) is 14.3. The Labute approximate surface area is 164 Å². The first-order chi connectivity index (χ1) is 13.1. The van der Waals surface area contributed by atoms with Gasteiger partial charge in [-0.25, -0.2) is 4.98 Å². The lowest BCUT2D eigenvalue weighted by atomic mass is 9.99. The van der Waals surface area contributed by atoms with Crippen LogP contribution in [-0.2, 0) is 0 Å². The third-order valence-corrected chi connectivity index (χ3v) is 5.63. The maximum atomic E-state index is 4.89. The van der Waals surface area contributed by atoms with Crippen LogP contribution >= 0.6 is 0 Å². The number of pyridine rings is 1. The summed E-state index contributed by atoms with van der Waals surface area (Å²) in [6, 6.07) is 4.76. The molecule has 150 valence electrons. The minimum atomic E-state index is 0.485.